The lowest BCUT2D eigenvalue weighted by Crippen LogP contribution is -2.28. The third kappa shape index (κ3) is 6.32. The molecule has 0 aliphatic carbocycles. The topological polar surface area (TPSA) is 21.3 Å². The first-order chi connectivity index (χ1) is 5.12. The number of likely N-dealkylation sites (N-methyl/N-ethyl adjacent to an activating group) is 1. The maximum atomic E-state index is 5.62. The summed E-state index contributed by atoms with van der Waals surface area (Å²) >= 11 is 0. The largest absolute Gasteiger partial charge is 0.374 e. The van der Waals surface area contributed by atoms with Gasteiger partial charge in [-0.15, -0.1) is 0 Å². The predicted octanol–water partition coefficient (Wildman–Crippen LogP) is 1.80. The molecule has 0 atom stereocenters. The fourth-order valence-corrected chi connectivity index (χ4v) is 0.678. The van der Waals surface area contributed by atoms with Crippen molar-refractivity contribution in [1.29, 1.82) is 0 Å². The molecule has 0 bridgehead atoms. The smallest absolute Gasteiger partial charge is 0.0624 e. The summed E-state index contributed by atoms with van der Waals surface area (Å²) in [5.41, 5.74) is 0.0510. The Labute approximate surface area is 70.3 Å². The SMILES string of the molecule is CCNCCOC(C)(C)CC. The zero-order valence-electron chi connectivity index (χ0n) is 8.24. The summed E-state index contributed by atoms with van der Waals surface area (Å²) in [5.74, 6) is 0. The molecule has 0 amide bonds. The molecule has 1 N–H and O–H groups in total. The molecule has 0 unspecified atom stereocenters. The van der Waals surface area contributed by atoms with Crippen LogP contribution in [0.15, 0.2) is 0 Å². The van der Waals surface area contributed by atoms with E-state index in [1.165, 1.54) is 0 Å². The van der Waals surface area contributed by atoms with Crippen LogP contribution in [-0.2, 0) is 4.74 Å². The second-order valence-corrected chi connectivity index (χ2v) is 3.32. The first-order valence-electron chi connectivity index (χ1n) is 4.47. The van der Waals surface area contributed by atoms with Gasteiger partial charge in [0.1, 0.15) is 0 Å². The molecule has 2 nitrogen and oxygen atoms in total. The van der Waals surface area contributed by atoms with Gasteiger partial charge >= 0.3 is 0 Å². The fourth-order valence-electron chi connectivity index (χ4n) is 0.678. The summed E-state index contributed by atoms with van der Waals surface area (Å²) in [6.45, 7) is 11.3. The van der Waals surface area contributed by atoms with Crippen molar-refractivity contribution in [3.8, 4) is 0 Å². The molecule has 0 radical (unpaired) electrons. The monoisotopic (exact) mass is 159 g/mol. The molecule has 0 fully saturated rings. The van der Waals surface area contributed by atoms with E-state index in [9.17, 15) is 0 Å². The van der Waals surface area contributed by atoms with Crippen LogP contribution in [0.3, 0.4) is 0 Å². The van der Waals surface area contributed by atoms with Gasteiger partial charge in [-0.25, -0.2) is 0 Å². The molecule has 0 spiro atoms. The number of hydrogen-bond donors (Lipinski definition) is 1. The minimum atomic E-state index is 0.0510. The maximum absolute atomic E-state index is 5.62. The molecule has 0 rings (SSSR count). The normalized spacial score (nSPS) is 12.0. The van der Waals surface area contributed by atoms with Crippen LogP contribution < -0.4 is 5.32 Å². The van der Waals surface area contributed by atoms with Crippen molar-refractivity contribution in [3.63, 3.8) is 0 Å². The average molecular weight is 159 g/mol. The highest BCUT2D eigenvalue weighted by molar-refractivity contribution is 4.64. The van der Waals surface area contributed by atoms with Crippen molar-refractivity contribution in [3.05, 3.63) is 0 Å². The molecule has 0 aromatic carbocycles. The lowest BCUT2D eigenvalue weighted by molar-refractivity contribution is -0.0178. The van der Waals surface area contributed by atoms with Crippen molar-refractivity contribution in [2.24, 2.45) is 0 Å². The van der Waals surface area contributed by atoms with Crippen molar-refractivity contribution in [1.82, 2.24) is 5.32 Å². The molecular weight excluding hydrogens is 138 g/mol. The van der Waals surface area contributed by atoms with Gasteiger partial charge in [0.05, 0.1) is 12.2 Å². The Hall–Kier alpha value is -0.0800. The predicted molar refractivity (Wildman–Crippen MR) is 48.9 cm³/mol. The van der Waals surface area contributed by atoms with Crippen LogP contribution in [-0.4, -0.2) is 25.3 Å². The van der Waals surface area contributed by atoms with Gasteiger partial charge in [-0.1, -0.05) is 13.8 Å². The summed E-state index contributed by atoms with van der Waals surface area (Å²) in [4.78, 5) is 0. The van der Waals surface area contributed by atoms with E-state index in [0.717, 1.165) is 26.1 Å². The summed E-state index contributed by atoms with van der Waals surface area (Å²) in [5, 5.41) is 3.22. The zero-order valence-corrected chi connectivity index (χ0v) is 8.24. The van der Waals surface area contributed by atoms with Crippen molar-refractivity contribution in [2.75, 3.05) is 19.7 Å². The quantitative estimate of drug-likeness (QED) is 0.597. The molecule has 0 saturated carbocycles. The molecule has 68 valence electrons. The van der Waals surface area contributed by atoms with Gasteiger partial charge in [0.15, 0.2) is 0 Å². The Bertz CT molecular complexity index is 91.6. The zero-order chi connectivity index (χ0) is 8.74. The van der Waals surface area contributed by atoms with E-state index in [2.05, 4.69) is 33.0 Å². The highest BCUT2D eigenvalue weighted by Gasteiger charge is 2.13. The van der Waals surface area contributed by atoms with Crippen LogP contribution in [0, 0.1) is 0 Å². The minimum Gasteiger partial charge on any atom is -0.374 e. The summed E-state index contributed by atoms with van der Waals surface area (Å²) in [7, 11) is 0. The third-order valence-corrected chi connectivity index (χ3v) is 1.87. The van der Waals surface area contributed by atoms with E-state index in [1.54, 1.807) is 0 Å². The summed E-state index contributed by atoms with van der Waals surface area (Å²) in [6, 6.07) is 0. The van der Waals surface area contributed by atoms with Crippen LogP contribution in [0.1, 0.15) is 34.1 Å². The van der Waals surface area contributed by atoms with E-state index in [4.69, 9.17) is 4.74 Å². The van der Waals surface area contributed by atoms with E-state index in [0.29, 0.717) is 0 Å². The number of nitrogens with one attached hydrogen (secondary N) is 1. The molecule has 0 saturated heterocycles. The molecule has 0 heterocycles. The summed E-state index contributed by atoms with van der Waals surface area (Å²) < 4.78 is 5.62. The standard InChI is InChI=1S/C9H21NO/c1-5-9(3,4)11-8-7-10-6-2/h10H,5-8H2,1-4H3. The van der Waals surface area contributed by atoms with Crippen LogP contribution in [0.5, 0.6) is 0 Å². The highest BCUT2D eigenvalue weighted by atomic mass is 16.5. The van der Waals surface area contributed by atoms with E-state index in [-0.39, 0.29) is 5.60 Å². The summed E-state index contributed by atoms with van der Waals surface area (Å²) in [6.07, 6.45) is 1.07. The average Bonchev–Trinajstić information content (AvgIpc) is 1.99. The molecule has 0 aliphatic heterocycles. The van der Waals surface area contributed by atoms with Crippen LogP contribution in [0.2, 0.25) is 0 Å². The second kappa shape index (κ2) is 5.56. The molecule has 0 aromatic heterocycles. The molecular formula is C9H21NO. The van der Waals surface area contributed by atoms with Gasteiger partial charge in [0, 0.05) is 6.54 Å². The van der Waals surface area contributed by atoms with Gasteiger partial charge in [-0.05, 0) is 26.8 Å². The minimum absolute atomic E-state index is 0.0510. The number of rotatable bonds is 6. The van der Waals surface area contributed by atoms with E-state index >= 15 is 0 Å². The van der Waals surface area contributed by atoms with Gasteiger partial charge < -0.3 is 10.1 Å². The van der Waals surface area contributed by atoms with Gasteiger partial charge in [0.25, 0.3) is 0 Å². The molecule has 0 aromatic rings. The van der Waals surface area contributed by atoms with E-state index in [1.807, 2.05) is 0 Å². The lowest BCUT2D eigenvalue weighted by Gasteiger charge is -2.23. The Kier molecular flexibility index (Phi) is 5.51. The van der Waals surface area contributed by atoms with E-state index < -0.39 is 0 Å². The second-order valence-electron chi connectivity index (χ2n) is 3.32. The maximum Gasteiger partial charge on any atom is 0.0624 e. The number of hydrogen-bond acceptors (Lipinski definition) is 2. The number of ether oxygens (including phenoxy) is 1. The van der Waals surface area contributed by atoms with Crippen LogP contribution in [0.25, 0.3) is 0 Å². The molecule has 2 heteroatoms. The fraction of sp³-hybridized carbons (Fsp3) is 1.00. The Morgan fingerprint density at radius 3 is 2.36 bits per heavy atom. The van der Waals surface area contributed by atoms with Crippen molar-refractivity contribution < 1.29 is 4.74 Å². The Morgan fingerprint density at radius 2 is 1.91 bits per heavy atom. The Balaban J connectivity index is 3.23. The van der Waals surface area contributed by atoms with Crippen molar-refractivity contribution >= 4 is 0 Å². The van der Waals surface area contributed by atoms with Gasteiger partial charge in [-0.2, -0.15) is 0 Å². The first kappa shape index (κ1) is 10.9. The lowest BCUT2D eigenvalue weighted by atomic mass is 10.1. The van der Waals surface area contributed by atoms with Crippen LogP contribution >= 0.6 is 0 Å². The van der Waals surface area contributed by atoms with Crippen LogP contribution in [0.4, 0.5) is 0 Å². The first-order valence-corrected chi connectivity index (χ1v) is 4.47. The highest BCUT2D eigenvalue weighted by Crippen LogP contribution is 2.12. The third-order valence-electron chi connectivity index (χ3n) is 1.87. The van der Waals surface area contributed by atoms with Gasteiger partial charge in [-0.3, -0.25) is 0 Å². The Morgan fingerprint density at radius 1 is 1.27 bits per heavy atom. The molecule has 0 aliphatic rings. The van der Waals surface area contributed by atoms with Gasteiger partial charge in [0.2, 0.25) is 0 Å². The van der Waals surface area contributed by atoms with Crippen molar-refractivity contribution in [2.45, 2.75) is 39.7 Å². The molecule has 11 heavy (non-hydrogen) atoms.